The first-order chi connectivity index (χ1) is 7.69. The summed E-state index contributed by atoms with van der Waals surface area (Å²) < 4.78 is 18.3. The van der Waals surface area contributed by atoms with Gasteiger partial charge in [0.15, 0.2) is 11.6 Å². The summed E-state index contributed by atoms with van der Waals surface area (Å²) >= 11 is 3.59. The molecular weight excluding hydrogens is 273 g/mol. The quantitative estimate of drug-likeness (QED) is 0.793. The third-order valence-corrected chi connectivity index (χ3v) is 3.58. The van der Waals surface area contributed by atoms with Gasteiger partial charge in [0.2, 0.25) is 0 Å². The SMILES string of the molecule is COc1ccc(CN2CCC(Br)C2)cc1F. The van der Waals surface area contributed by atoms with Crippen LogP contribution in [0.3, 0.4) is 0 Å². The zero-order valence-corrected chi connectivity index (χ0v) is 10.8. The van der Waals surface area contributed by atoms with Crippen LogP contribution in [0.1, 0.15) is 12.0 Å². The summed E-state index contributed by atoms with van der Waals surface area (Å²) in [7, 11) is 1.48. The lowest BCUT2D eigenvalue weighted by Gasteiger charge is -2.15. The van der Waals surface area contributed by atoms with Gasteiger partial charge >= 0.3 is 0 Å². The third kappa shape index (κ3) is 2.74. The molecule has 0 N–H and O–H groups in total. The Kier molecular flexibility index (Phi) is 3.82. The molecule has 16 heavy (non-hydrogen) atoms. The van der Waals surface area contributed by atoms with Crippen molar-refractivity contribution in [3.05, 3.63) is 29.6 Å². The highest BCUT2D eigenvalue weighted by molar-refractivity contribution is 9.09. The van der Waals surface area contributed by atoms with E-state index in [-0.39, 0.29) is 5.82 Å². The Labute approximate surface area is 104 Å². The van der Waals surface area contributed by atoms with Crippen LogP contribution in [-0.2, 0) is 6.54 Å². The third-order valence-electron chi connectivity index (χ3n) is 2.84. The van der Waals surface area contributed by atoms with Crippen LogP contribution in [0.15, 0.2) is 18.2 Å². The zero-order valence-electron chi connectivity index (χ0n) is 9.25. The van der Waals surface area contributed by atoms with Crippen molar-refractivity contribution in [2.45, 2.75) is 17.8 Å². The van der Waals surface area contributed by atoms with Crippen molar-refractivity contribution in [2.24, 2.45) is 0 Å². The molecule has 1 atom stereocenters. The number of hydrogen-bond acceptors (Lipinski definition) is 2. The van der Waals surface area contributed by atoms with Crippen LogP contribution in [0.4, 0.5) is 4.39 Å². The molecule has 1 fully saturated rings. The van der Waals surface area contributed by atoms with Gasteiger partial charge in [-0.15, -0.1) is 0 Å². The Morgan fingerprint density at radius 1 is 1.56 bits per heavy atom. The van der Waals surface area contributed by atoms with E-state index in [2.05, 4.69) is 20.8 Å². The molecule has 0 spiro atoms. The Bertz CT molecular complexity index is 372. The van der Waals surface area contributed by atoms with E-state index in [9.17, 15) is 4.39 Å². The van der Waals surface area contributed by atoms with Crippen LogP contribution in [0.25, 0.3) is 0 Å². The van der Waals surface area contributed by atoms with Gasteiger partial charge in [-0.2, -0.15) is 0 Å². The molecule has 2 rings (SSSR count). The topological polar surface area (TPSA) is 12.5 Å². The summed E-state index contributed by atoms with van der Waals surface area (Å²) in [5.74, 6) is 0.0260. The number of halogens is 2. The molecule has 0 radical (unpaired) electrons. The Balaban J connectivity index is 2.02. The minimum atomic E-state index is -0.283. The first kappa shape index (κ1) is 11.9. The second-order valence-corrected chi connectivity index (χ2v) is 5.38. The van der Waals surface area contributed by atoms with Crippen LogP contribution in [0, 0.1) is 5.82 Å². The standard InChI is InChI=1S/C12H15BrFNO/c1-16-12-3-2-9(6-11(12)14)7-15-5-4-10(13)8-15/h2-3,6,10H,4-5,7-8H2,1H3. The molecule has 0 aliphatic carbocycles. The van der Waals surface area contributed by atoms with Gasteiger partial charge in [0.1, 0.15) is 0 Å². The molecule has 0 amide bonds. The van der Waals surface area contributed by atoms with Crippen LogP contribution in [-0.4, -0.2) is 29.9 Å². The molecule has 2 nitrogen and oxygen atoms in total. The van der Waals surface area contributed by atoms with Gasteiger partial charge in [-0.3, -0.25) is 4.90 Å². The minimum absolute atomic E-state index is 0.283. The highest BCUT2D eigenvalue weighted by Crippen LogP contribution is 2.22. The van der Waals surface area contributed by atoms with E-state index in [0.29, 0.717) is 10.6 Å². The van der Waals surface area contributed by atoms with Gasteiger partial charge in [0.05, 0.1) is 7.11 Å². The van der Waals surface area contributed by atoms with Gasteiger partial charge in [0, 0.05) is 17.9 Å². The monoisotopic (exact) mass is 287 g/mol. The molecule has 1 aromatic rings. The van der Waals surface area contributed by atoms with Gasteiger partial charge in [-0.1, -0.05) is 22.0 Å². The van der Waals surface area contributed by atoms with E-state index in [0.717, 1.165) is 25.2 Å². The first-order valence-corrected chi connectivity index (χ1v) is 6.29. The maximum atomic E-state index is 13.4. The highest BCUT2D eigenvalue weighted by atomic mass is 79.9. The fraction of sp³-hybridized carbons (Fsp3) is 0.500. The Hall–Kier alpha value is -0.610. The number of benzene rings is 1. The highest BCUT2D eigenvalue weighted by Gasteiger charge is 2.19. The normalized spacial score (nSPS) is 21.3. The summed E-state index contributed by atoms with van der Waals surface area (Å²) in [6.07, 6.45) is 1.17. The van der Waals surface area contributed by atoms with Crippen LogP contribution in [0.2, 0.25) is 0 Å². The number of nitrogens with zero attached hydrogens (tertiary/aromatic N) is 1. The van der Waals surface area contributed by atoms with Crippen LogP contribution >= 0.6 is 15.9 Å². The van der Waals surface area contributed by atoms with Crippen LogP contribution in [0.5, 0.6) is 5.75 Å². The molecule has 1 heterocycles. The smallest absolute Gasteiger partial charge is 0.165 e. The average Bonchev–Trinajstić information content (AvgIpc) is 2.64. The summed E-state index contributed by atoms with van der Waals surface area (Å²) in [6.45, 7) is 2.92. The number of alkyl halides is 1. The molecule has 0 bridgehead atoms. The second-order valence-electron chi connectivity index (χ2n) is 4.09. The average molecular weight is 288 g/mol. The minimum Gasteiger partial charge on any atom is -0.494 e. The van der Waals surface area contributed by atoms with E-state index in [1.54, 1.807) is 12.1 Å². The van der Waals surface area contributed by atoms with E-state index in [1.165, 1.54) is 13.5 Å². The van der Waals surface area contributed by atoms with E-state index in [4.69, 9.17) is 4.74 Å². The largest absolute Gasteiger partial charge is 0.494 e. The van der Waals surface area contributed by atoms with Gasteiger partial charge in [-0.05, 0) is 30.7 Å². The van der Waals surface area contributed by atoms with Gasteiger partial charge in [-0.25, -0.2) is 4.39 Å². The van der Waals surface area contributed by atoms with Gasteiger partial charge < -0.3 is 4.74 Å². The fourth-order valence-electron chi connectivity index (χ4n) is 2.00. The van der Waals surface area contributed by atoms with E-state index >= 15 is 0 Å². The lowest BCUT2D eigenvalue weighted by atomic mass is 10.2. The van der Waals surface area contributed by atoms with Crippen molar-refractivity contribution in [1.29, 1.82) is 0 Å². The molecule has 1 aliphatic heterocycles. The van der Waals surface area contributed by atoms with Crippen molar-refractivity contribution in [3.63, 3.8) is 0 Å². The molecule has 88 valence electrons. The molecule has 1 saturated heterocycles. The summed E-state index contributed by atoms with van der Waals surface area (Å²) in [4.78, 5) is 2.90. The fourth-order valence-corrected chi connectivity index (χ4v) is 2.61. The maximum Gasteiger partial charge on any atom is 0.165 e. The lowest BCUT2D eigenvalue weighted by molar-refractivity contribution is 0.331. The lowest BCUT2D eigenvalue weighted by Crippen LogP contribution is -2.20. The Morgan fingerprint density at radius 3 is 2.94 bits per heavy atom. The summed E-state index contributed by atoms with van der Waals surface area (Å²) in [5, 5.41) is 0. The van der Waals surface area contributed by atoms with E-state index in [1.807, 2.05) is 6.07 Å². The second kappa shape index (κ2) is 5.15. The van der Waals surface area contributed by atoms with Crippen molar-refractivity contribution in [1.82, 2.24) is 4.90 Å². The zero-order chi connectivity index (χ0) is 11.5. The number of likely N-dealkylation sites (tertiary alicyclic amines) is 1. The molecule has 1 unspecified atom stereocenters. The van der Waals surface area contributed by atoms with Crippen molar-refractivity contribution in [2.75, 3.05) is 20.2 Å². The molecule has 4 heteroatoms. The number of methoxy groups -OCH3 is 1. The van der Waals surface area contributed by atoms with Gasteiger partial charge in [0.25, 0.3) is 0 Å². The molecule has 1 aromatic carbocycles. The Morgan fingerprint density at radius 2 is 2.38 bits per heavy atom. The predicted molar refractivity (Wildman–Crippen MR) is 65.6 cm³/mol. The number of hydrogen-bond donors (Lipinski definition) is 0. The molecule has 0 saturated carbocycles. The molecular formula is C12H15BrFNO. The van der Waals surface area contributed by atoms with Crippen LogP contribution < -0.4 is 4.74 Å². The summed E-state index contributed by atoms with van der Waals surface area (Å²) in [6, 6.07) is 5.16. The number of rotatable bonds is 3. The van der Waals surface area contributed by atoms with E-state index < -0.39 is 0 Å². The number of ether oxygens (including phenoxy) is 1. The predicted octanol–water partition coefficient (Wildman–Crippen LogP) is 2.80. The van der Waals surface area contributed by atoms with Crippen molar-refractivity contribution >= 4 is 15.9 Å². The molecule has 0 aromatic heterocycles. The van der Waals surface area contributed by atoms with Crippen molar-refractivity contribution in [3.8, 4) is 5.75 Å². The maximum absolute atomic E-state index is 13.4. The first-order valence-electron chi connectivity index (χ1n) is 5.38. The molecule has 1 aliphatic rings. The van der Waals surface area contributed by atoms with Crippen molar-refractivity contribution < 1.29 is 9.13 Å². The summed E-state index contributed by atoms with van der Waals surface area (Å²) in [5.41, 5.74) is 1.000.